The van der Waals surface area contributed by atoms with Crippen LogP contribution in [0.4, 0.5) is 8.78 Å². The molecule has 0 aliphatic carbocycles. The maximum Gasteiger partial charge on any atom is 0.349 e. The van der Waals surface area contributed by atoms with Crippen molar-refractivity contribution in [1.29, 1.82) is 5.26 Å². The summed E-state index contributed by atoms with van der Waals surface area (Å²) in [6.07, 6.45) is 0.645. The number of carbonyl (C=O) groups is 1. The van der Waals surface area contributed by atoms with Crippen LogP contribution in [-0.4, -0.2) is 12.1 Å². The van der Waals surface area contributed by atoms with Gasteiger partial charge in [0.2, 0.25) is 0 Å². The lowest BCUT2D eigenvalue weighted by molar-refractivity contribution is -0.142. The zero-order chi connectivity index (χ0) is 13.7. The molecule has 0 saturated carbocycles. The first-order chi connectivity index (χ1) is 8.43. The number of ether oxygens (including phenoxy) is 1. The fourth-order valence-corrected chi connectivity index (χ4v) is 1.19. The number of carbonyl (C=O) groups excluding carboxylic acids is 1. The predicted octanol–water partition coefficient (Wildman–Crippen LogP) is 2.82. The van der Waals surface area contributed by atoms with Gasteiger partial charge in [0.25, 0.3) is 0 Å². The van der Waals surface area contributed by atoms with Gasteiger partial charge in [0.15, 0.2) is 0 Å². The Morgan fingerprint density at radius 3 is 2.61 bits per heavy atom. The Hall–Kier alpha value is -2.22. The molecule has 0 bridgehead atoms. The molecule has 5 heteroatoms. The number of halogens is 2. The van der Waals surface area contributed by atoms with Crippen molar-refractivity contribution in [2.75, 3.05) is 0 Å². The Kier molecular flexibility index (Phi) is 4.55. The van der Waals surface area contributed by atoms with Gasteiger partial charge in [-0.25, -0.2) is 13.6 Å². The minimum Gasteiger partial charge on any atom is -0.459 e. The van der Waals surface area contributed by atoms with Gasteiger partial charge in [0.1, 0.15) is 23.3 Å². The van der Waals surface area contributed by atoms with Crippen LogP contribution in [0.3, 0.4) is 0 Å². The third-order valence-electron chi connectivity index (χ3n) is 1.95. The molecule has 0 aromatic heterocycles. The van der Waals surface area contributed by atoms with E-state index in [-0.39, 0.29) is 17.2 Å². The van der Waals surface area contributed by atoms with Crippen LogP contribution in [-0.2, 0) is 9.53 Å². The normalized spacial score (nSPS) is 11.2. The van der Waals surface area contributed by atoms with E-state index in [1.54, 1.807) is 19.9 Å². The predicted molar refractivity (Wildman–Crippen MR) is 61.2 cm³/mol. The van der Waals surface area contributed by atoms with Gasteiger partial charge in [-0.1, -0.05) is 0 Å². The minimum atomic E-state index is -0.847. The molecule has 0 saturated heterocycles. The molecule has 18 heavy (non-hydrogen) atoms. The van der Waals surface area contributed by atoms with E-state index < -0.39 is 17.6 Å². The highest BCUT2D eigenvalue weighted by atomic mass is 19.1. The van der Waals surface area contributed by atoms with Gasteiger partial charge in [-0.05, 0) is 32.1 Å². The summed E-state index contributed by atoms with van der Waals surface area (Å²) in [5.74, 6) is -2.41. The highest BCUT2D eigenvalue weighted by Gasteiger charge is 2.13. The molecule has 0 spiro atoms. The van der Waals surface area contributed by atoms with E-state index in [4.69, 9.17) is 10.00 Å². The number of nitrogens with zero attached hydrogens (tertiary/aromatic N) is 1. The molecule has 1 aromatic carbocycles. The van der Waals surface area contributed by atoms with E-state index in [1.807, 2.05) is 0 Å². The summed E-state index contributed by atoms with van der Waals surface area (Å²) in [5, 5.41) is 8.80. The fourth-order valence-electron chi connectivity index (χ4n) is 1.19. The van der Waals surface area contributed by atoms with Crippen molar-refractivity contribution >= 4 is 12.0 Å². The Morgan fingerprint density at radius 1 is 1.44 bits per heavy atom. The molecule has 0 aliphatic rings. The molecule has 0 fully saturated rings. The summed E-state index contributed by atoms with van der Waals surface area (Å²) in [6, 6.07) is 4.48. The van der Waals surface area contributed by atoms with Crippen molar-refractivity contribution < 1.29 is 18.3 Å². The molecule has 0 atom stereocenters. The van der Waals surface area contributed by atoms with Crippen LogP contribution < -0.4 is 0 Å². The quantitative estimate of drug-likeness (QED) is 0.471. The maximum absolute atomic E-state index is 13.3. The summed E-state index contributed by atoms with van der Waals surface area (Å²) in [4.78, 5) is 11.5. The zero-order valence-electron chi connectivity index (χ0n) is 9.91. The summed E-state index contributed by atoms with van der Waals surface area (Å²) < 4.78 is 30.8. The fraction of sp³-hybridized carbons (Fsp3) is 0.231. The van der Waals surface area contributed by atoms with Gasteiger partial charge in [0.05, 0.1) is 6.10 Å². The van der Waals surface area contributed by atoms with Gasteiger partial charge in [-0.2, -0.15) is 5.26 Å². The Labute approximate surface area is 103 Å². The van der Waals surface area contributed by atoms with Crippen LogP contribution >= 0.6 is 0 Å². The zero-order valence-corrected chi connectivity index (χ0v) is 9.91. The number of rotatable bonds is 3. The standard InChI is InChI=1S/C13H11F2NO2/c1-8(2)18-13(17)10(7-16)5-9-3-4-11(14)6-12(9)15/h3-6,8H,1-2H3. The first-order valence-electron chi connectivity index (χ1n) is 5.22. The average Bonchev–Trinajstić information content (AvgIpc) is 2.27. The van der Waals surface area contributed by atoms with E-state index in [1.165, 1.54) is 0 Å². The summed E-state index contributed by atoms with van der Waals surface area (Å²) >= 11 is 0. The van der Waals surface area contributed by atoms with Crippen molar-refractivity contribution in [2.24, 2.45) is 0 Å². The van der Waals surface area contributed by atoms with Crippen LogP contribution in [0.25, 0.3) is 6.08 Å². The first kappa shape index (κ1) is 13.8. The van der Waals surface area contributed by atoms with Crippen LogP contribution in [0.5, 0.6) is 0 Å². The number of benzene rings is 1. The van der Waals surface area contributed by atoms with E-state index >= 15 is 0 Å². The highest BCUT2D eigenvalue weighted by molar-refractivity contribution is 5.97. The number of hydrogen-bond donors (Lipinski definition) is 0. The van der Waals surface area contributed by atoms with Crippen LogP contribution in [0, 0.1) is 23.0 Å². The Balaban J connectivity index is 3.05. The van der Waals surface area contributed by atoms with Crippen molar-refractivity contribution in [2.45, 2.75) is 20.0 Å². The summed E-state index contributed by atoms with van der Waals surface area (Å²) in [6.45, 7) is 3.26. The summed E-state index contributed by atoms with van der Waals surface area (Å²) in [7, 11) is 0. The molecule has 1 rings (SSSR count). The van der Waals surface area contributed by atoms with Crippen LogP contribution in [0.15, 0.2) is 23.8 Å². The van der Waals surface area contributed by atoms with Gasteiger partial charge in [-0.15, -0.1) is 0 Å². The average molecular weight is 251 g/mol. The molecule has 94 valence electrons. The second kappa shape index (κ2) is 5.92. The number of nitriles is 1. The monoisotopic (exact) mass is 251 g/mol. The van der Waals surface area contributed by atoms with Gasteiger partial charge in [-0.3, -0.25) is 0 Å². The summed E-state index contributed by atoms with van der Waals surface area (Å²) in [5.41, 5.74) is -0.386. The molecule has 0 aliphatic heterocycles. The second-order valence-electron chi connectivity index (χ2n) is 3.79. The third kappa shape index (κ3) is 3.67. The molecule has 3 nitrogen and oxygen atoms in total. The van der Waals surface area contributed by atoms with Crippen LogP contribution in [0.2, 0.25) is 0 Å². The van der Waals surface area contributed by atoms with E-state index in [2.05, 4.69) is 0 Å². The van der Waals surface area contributed by atoms with Gasteiger partial charge >= 0.3 is 5.97 Å². The van der Waals surface area contributed by atoms with Crippen LogP contribution in [0.1, 0.15) is 19.4 Å². The van der Waals surface area contributed by atoms with Gasteiger partial charge < -0.3 is 4.74 Å². The number of hydrogen-bond acceptors (Lipinski definition) is 3. The van der Waals surface area contributed by atoms with Crippen molar-refractivity contribution in [3.8, 4) is 6.07 Å². The topological polar surface area (TPSA) is 50.1 Å². The smallest absolute Gasteiger partial charge is 0.349 e. The molecule has 0 heterocycles. The first-order valence-corrected chi connectivity index (χ1v) is 5.22. The van der Waals surface area contributed by atoms with Crippen molar-refractivity contribution in [3.63, 3.8) is 0 Å². The minimum absolute atomic E-state index is 0.0475. The molecule has 0 N–H and O–H groups in total. The lowest BCUT2D eigenvalue weighted by atomic mass is 10.1. The largest absolute Gasteiger partial charge is 0.459 e. The van der Waals surface area contributed by atoms with Crippen molar-refractivity contribution in [3.05, 3.63) is 41.0 Å². The number of esters is 1. The van der Waals surface area contributed by atoms with E-state index in [9.17, 15) is 13.6 Å². The van der Waals surface area contributed by atoms with E-state index in [0.29, 0.717) is 6.07 Å². The molecule has 0 unspecified atom stereocenters. The Morgan fingerprint density at radius 2 is 2.11 bits per heavy atom. The molecular formula is C13H11F2NO2. The van der Waals surface area contributed by atoms with Gasteiger partial charge in [0, 0.05) is 11.6 Å². The highest BCUT2D eigenvalue weighted by Crippen LogP contribution is 2.14. The third-order valence-corrected chi connectivity index (χ3v) is 1.95. The SMILES string of the molecule is CC(C)OC(=O)C(C#N)=Cc1ccc(F)cc1F. The maximum atomic E-state index is 13.3. The molecular weight excluding hydrogens is 240 g/mol. The second-order valence-corrected chi connectivity index (χ2v) is 3.79. The molecule has 0 amide bonds. The van der Waals surface area contributed by atoms with E-state index in [0.717, 1.165) is 18.2 Å². The lowest BCUT2D eigenvalue weighted by Crippen LogP contribution is -2.12. The molecule has 1 aromatic rings. The van der Waals surface area contributed by atoms with Crippen molar-refractivity contribution in [1.82, 2.24) is 0 Å². The lowest BCUT2D eigenvalue weighted by Gasteiger charge is -2.06. The molecule has 0 radical (unpaired) electrons. The Bertz CT molecular complexity index is 530.